The summed E-state index contributed by atoms with van der Waals surface area (Å²) in [4.78, 5) is 0. The third-order valence-electron chi connectivity index (χ3n) is 4.32. The molecule has 0 spiro atoms. The molecule has 112 valence electrons. The normalized spacial score (nSPS) is 23.2. The second kappa shape index (κ2) is 7.74. The van der Waals surface area contributed by atoms with Crippen LogP contribution in [0.1, 0.15) is 62.0 Å². The molecule has 0 N–H and O–H groups in total. The second-order valence-electron chi connectivity index (χ2n) is 5.63. The Labute approximate surface area is 133 Å². The Kier molecular flexibility index (Phi) is 6.28. The van der Waals surface area contributed by atoms with E-state index in [0.29, 0.717) is 5.92 Å². The van der Waals surface area contributed by atoms with Crippen LogP contribution in [0.5, 0.6) is 0 Å². The summed E-state index contributed by atoms with van der Waals surface area (Å²) in [5.74, 6) is 1.23. The maximum atomic E-state index is 12.9. The van der Waals surface area contributed by atoms with E-state index < -0.39 is 6.43 Å². The number of hydrogen-bond donors (Lipinski definition) is 0. The summed E-state index contributed by atoms with van der Waals surface area (Å²) in [6.45, 7) is 0. The lowest BCUT2D eigenvalue weighted by Crippen LogP contribution is -2.13. The molecule has 1 aliphatic rings. The van der Waals surface area contributed by atoms with Crippen molar-refractivity contribution in [2.24, 2.45) is 5.92 Å². The topological polar surface area (TPSA) is 0 Å². The highest BCUT2D eigenvalue weighted by atomic mass is 79.9. The van der Waals surface area contributed by atoms with E-state index in [1.807, 2.05) is 6.07 Å². The Balaban J connectivity index is 1.98. The molecular formula is C16H20BrClF2. The molecule has 0 bridgehead atoms. The van der Waals surface area contributed by atoms with E-state index in [0.717, 1.165) is 29.7 Å². The monoisotopic (exact) mass is 364 g/mol. The molecule has 0 unspecified atom stereocenters. The summed E-state index contributed by atoms with van der Waals surface area (Å²) in [7, 11) is 0. The maximum absolute atomic E-state index is 12.9. The SMILES string of the molecule is FC(F)c1cc(C2CCC(CCCBr)CC2)ccc1Cl. The van der Waals surface area contributed by atoms with Gasteiger partial charge >= 0.3 is 0 Å². The van der Waals surface area contributed by atoms with Gasteiger partial charge in [-0.2, -0.15) is 0 Å². The molecule has 20 heavy (non-hydrogen) atoms. The average molecular weight is 366 g/mol. The molecule has 0 aliphatic heterocycles. The van der Waals surface area contributed by atoms with Crippen molar-refractivity contribution in [1.29, 1.82) is 0 Å². The summed E-state index contributed by atoms with van der Waals surface area (Å²) in [5.41, 5.74) is 1.01. The fourth-order valence-electron chi connectivity index (χ4n) is 3.13. The van der Waals surface area contributed by atoms with Crippen LogP contribution in [0, 0.1) is 5.92 Å². The molecule has 1 aromatic carbocycles. The lowest BCUT2D eigenvalue weighted by Gasteiger charge is -2.29. The molecule has 0 nitrogen and oxygen atoms in total. The smallest absolute Gasteiger partial charge is 0.205 e. The van der Waals surface area contributed by atoms with E-state index in [9.17, 15) is 8.78 Å². The average Bonchev–Trinajstić information content (AvgIpc) is 2.46. The third kappa shape index (κ3) is 4.17. The maximum Gasteiger partial charge on any atom is 0.265 e. The van der Waals surface area contributed by atoms with Crippen LogP contribution >= 0.6 is 27.5 Å². The quantitative estimate of drug-likeness (QED) is 0.508. The standard InChI is InChI=1S/C16H20BrClF2/c17-9-1-2-11-3-5-12(6-4-11)13-7-8-15(18)14(10-13)16(19)20/h7-8,10-12,16H,1-6,9H2. The number of hydrogen-bond acceptors (Lipinski definition) is 0. The van der Waals surface area contributed by atoms with Crippen molar-refractivity contribution in [3.63, 3.8) is 0 Å². The zero-order valence-electron chi connectivity index (χ0n) is 11.4. The summed E-state index contributed by atoms with van der Waals surface area (Å²) in [6.07, 6.45) is 4.66. The van der Waals surface area contributed by atoms with Gasteiger partial charge in [0.05, 0.1) is 0 Å². The van der Waals surface area contributed by atoms with Gasteiger partial charge in [-0.15, -0.1) is 0 Å². The number of alkyl halides is 3. The summed E-state index contributed by atoms with van der Waals surface area (Å²) >= 11 is 9.30. The lowest BCUT2D eigenvalue weighted by atomic mass is 9.77. The Morgan fingerprint density at radius 2 is 1.90 bits per heavy atom. The van der Waals surface area contributed by atoms with Gasteiger partial charge in [-0.3, -0.25) is 0 Å². The van der Waals surface area contributed by atoms with Gasteiger partial charge in [-0.05, 0) is 68.1 Å². The molecule has 4 heteroatoms. The van der Waals surface area contributed by atoms with Gasteiger partial charge in [0.2, 0.25) is 0 Å². The van der Waals surface area contributed by atoms with Gasteiger partial charge < -0.3 is 0 Å². The van der Waals surface area contributed by atoms with Crippen molar-refractivity contribution in [1.82, 2.24) is 0 Å². The molecule has 0 amide bonds. The molecule has 1 saturated carbocycles. The van der Waals surface area contributed by atoms with E-state index in [1.165, 1.54) is 25.7 Å². The van der Waals surface area contributed by atoms with Crippen LogP contribution in [0.15, 0.2) is 18.2 Å². The molecule has 1 aromatic rings. The molecule has 0 radical (unpaired) electrons. The van der Waals surface area contributed by atoms with Crippen LogP contribution in [0.2, 0.25) is 5.02 Å². The highest BCUT2D eigenvalue weighted by Crippen LogP contribution is 2.39. The van der Waals surface area contributed by atoms with E-state index in [2.05, 4.69) is 15.9 Å². The molecule has 0 aromatic heterocycles. The van der Waals surface area contributed by atoms with Crippen LogP contribution in [0.25, 0.3) is 0 Å². The predicted octanol–water partition coefficient (Wildman–Crippen LogP) is 6.73. The van der Waals surface area contributed by atoms with Gasteiger partial charge in [0.25, 0.3) is 6.43 Å². The van der Waals surface area contributed by atoms with Gasteiger partial charge in [0.15, 0.2) is 0 Å². The third-order valence-corrected chi connectivity index (χ3v) is 5.22. The van der Waals surface area contributed by atoms with E-state index in [-0.39, 0.29) is 10.6 Å². The van der Waals surface area contributed by atoms with Crippen LogP contribution in [0.3, 0.4) is 0 Å². The minimum atomic E-state index is -2.49. The van der Waals surface area contributed by atoms with Crippen LogP contribution in [-0.4, -0.2) is 5.33 Å². The second-order valence-corrected chi connectivity index (χ2v) is 6.83. The van der Waals surface area contributed by atoms with Gasteiger partial charge in [-0.1, -0.05) is 33.6 Å². The Morgan fingerprint density at radius 1 is 1.20 bits per heavy atom. The fraction of sp³-hybridized carbons (Fsp3) is 0.625. The minimum Gasteiger partial charge on any atom is -0.205 e. The zero-order chi connectivity index (χ0) is 14.5. The van der Waals surface area contributed by atoms with Crippen molar-refractivity contribution in [2.75, 3.05) is 5.33 Å². The first-order chi connectivity index (χ1) is 9.61. The molecule has 0 atom stereocenters. The first-order valence-electron chi connectivity index (χ1n) is 7.25. The van der Waals surface area contributed by atoms with E-state index in [4.69, 9.17) is 11.6 Å². The first-order valence-corrected chi connectivity index (χ1v) is 8.75. The van der Waals surface area contributed by atoms with Gasteiger partial charge in [0, 0.05) is 15.9 Å². The Hall–Kier alpha value is -0.150. The predicted molar refractivity (Wildman–Crippen MR) is 84.1 cm³/mol. The van der Waals surface area contributed by atoms with E-state index in [1.54, 1.807) is 12.1 Å². The Morgan fingerprint density at radius 3 is 2.50 bits per heavy atom. The molecule has 1 fully saturated rings. The molecular weight excluding hydrogens is 346 g/mol. The molecule has 2 rings (SSSR count). The van der Waals surface area contributed by atoms with Crippen LogP contribution in [0.4, 0.5) is 8.78 Å². The van der Waals surface area contributed by atoms with Crippen LogP contribution in [-0.2, 0) is 0 Å². The molecule has 0 heterocycles. The van der Waals surface area contributed by atoms with Crippen molar-refractivity contribution in [2.45, 2.75) is 50.9 Å². The first kappa shape index (κ1) is 16.2. The van der Waals surface area contributed by atoms with Crippen LogP contribution < -0.4 is 0 Å². The van der Waals surface area contributed by atoms with Gasteiger partial charge in [0.1, 0.15) is 0 Å². The number of benzene rings is 1. The van der Waals surface area contributed by atoms with E-state index >= 15 is 0 Å². The van der Waals surface area contributed by atoms with Crippen molar-refractivity contribution in [3.05, 3.63) is 34.3 Å². The highest BCUT2D eigenvalue weighted by Gasteiger charge is 2.23. The zero-order valence-corrected chi connectivity index (χ0v) is 13.8. The van der Waals surface area contributed by atoms with Crippen molar-refractivity contribution in [3.8, 4) is 0 Å². The molecule has 1 aliphatic carbocycles. The number of halogens is 4. The summed E-state index contributed by atoms with van der Waals surface area (Å²) in [6, 6.07) is 5.14. The number of rotatable bonds is 5. The van der Waals surface area contributed by atoms with Crippen molar-refractivity contribution >= 4 is 27.5 Å². The lowest BCUT2D eigenvalue weighted by molar-refractivity contribution is 0.151. The Bertz CT molecular complexity index is 428. The largest absolute Gasteiger partial charge is 0.265 e. The minimum absolute atomic E-state index is 0.0226. The van der Waals surface area contributed by atoms with Crippen molar-refractivity contribution < 1.29 is 8.78 Å². The fourth-order valence-corrected chi connectivity index (χ4v) is 3.66. The van der Waals surface area contributed by atoms with Gasteiger partial charge in [-0.25, -0.2) is 8.78 Å². The highest BCUT2D eigenvalue weighted by molar-refractivity contribution is 9.09. The molecule has 0 saturated heterocycles. The summed E-state index contributed by atoms with van der Waals surface area (Å²) in [5, 5.41) is 1.25. The summed E-state index contributed by atoms with van der Waals surface area (Å²) < 4.78 is 25.8.